The molecule has 562 valence electrons. The maximum Gasteiger partial charge on any atom is 0.0620 e. The normalized spacial score (nSPS) is 16.2. The molecule has 12 aromatic carbocycles. The highest BCUT2D eigenvalue weighted by molar-refractivity contribution is 6.24. The van der Waals surface area contributed by atoms with Crippen LogP contribution in [0, 0.1) is 0 Å². The van der Waals surface area contributed by atoms with E-state index < -0.39 is 0 Å². The van der Waals surface area contributed by atoms with Crippen LogP contribution in [-0.4, -0.2) is 0 Å². The second kappa shape index (κ2) is 31.1. The fourth-order valence-electron chi connectivity index (χ4n) is 19.1. The zero-order chi connectivity index (χ0) is 76.1. The average Bonchev–Trinajstić information content (AvgIpc) is 0.713. The van der Waals surface area contributed by atoms with E-state index in [1.807, 2.05) is 0 Å². The van der Waals surface area contributed by atoms with Gasteiger partial charge in [-0.1, -0.05) is 336 Å². The van der Waals surface area contributed by atoms with Crippen LogP contribution in [-0.2, 0) is 21.7 Å². The number of hydrogen-bond acceptors (Lipinski definition) is 2. The Labute approximate surface area is 660 Å². The number of benzene rings is 12. The maximum absolute atomic E-state index is 2.72. The smallest absolute Gasteiger partial charge is 0.0620 e. The van der Waals surface area contributed by atoms with Crippen molar-refractivity contribution in [3.8, 4) is 55.6 Å². The fourth-order valence-corrected chi connectivity index (χ4v) is 19.1. The van der Waals surface area contributed by atoms with Gasteiger partial charge in [0.1, 0.15) is 0 Å². The van der Waals surface area contributed by atoms with E-state index in [0.29, 0.717) is 23.7 Å². The zero-order valence-electron chi connectivity index (χ0n) is 68.4. The lowest BCUT2D eigenvalue weighted by atomic mass is 9.80. The van der Waals surface area contributed by atoms with Gasteiger partial charge in [-0.05, 0) is 264 Å². The van der Waals surface area contributed by atoms with Crippen molar-refractivity contribution in [3.63, 3.8) is 0 Å². The largest absolute Gasteiger partial charge is 0.309 e. The van der Waals surface area contributed by atoms with Crippen molar-refractivity contribution < 1.29 is 0 Å². The molecule has 0 spiro atoms. The minimum absolute atomic E-state index is 0.163. The second-order valence-electron chi connectivity index (χ2n) is 37.9. The molecule has 0 N–H and O–H groups in total. The Hall–Kier alpha value is -9.24. The molecule has 2 nitrogen and oxygen atoms in total. The molecule has 0 heterocycles. The monoisotopic (exact) mass is 1440 g/mol. The molecule has 0 bridgehead atoms. The second-order valence-corrected chi connectivity index (χ2v) is 37.9. The van der Waals surface area contributed by atoms with E-state index in [1.165, 1.54) is 250 Å². The van der Waals surface area contributed by atoms with Crippen LogP contribution < -0.4 is 9.80 Å². The Balaban J connectivity index is 1.01. The van der Waals surface area contributed by atoms with Gasteiger partial charge in [-0.2, -0.15) is 0 Å². The van der Waals surface area contributed by atoms with E-state index in [9.17, 15) is 0 Å². The van der Waals surface area contributed by atoms with Crippen LogP contribution in [0.2, 0.25) is 0 Å². The van der Waals surface area contributed by atoms with Crippen molar-refractivity contribution in [1.82, 2.24) is 0 Å². The van der Waals surface area contributed by atoms with Gasteiger partial charge in [0.05, 0.1) is 11.4 Å². The van der Waals surface area contributed by atoms with E-state index in [2.05, 4.69) is 336 Å². The predicted octanol–water partition coefficient (Wildman–Crippen LogP) is 32.6. The molecule has 2 heteroatoms. The summed E-state index contributed by atoms with van der Waals surface area (Å²) in [7, 11) is 0. The van der Waals surface area contributed by atoms with Gasteiger partial charge in [-0.3, -0.25) is 0 Å². The molecular formula is C108H120N2. The summed E-state index contributed by atoms with van der Waals surface area (Å²) < 4.78 is 0. The molecule has 12 aromatic rings. The third kappa shape index (κ3) is 16.0. The number of nitrogens with zero attached hydrogens (tertiary/aromatic N) is 2. The Morgan fingerprint density at radius 2 is 0.445 bits per heavy atom. The van der Waals surface area contributed by atoms with Crippen molar-refractivity contribution in [2.45, 2.75) is 257 Å². The first kappa shape index (κ1) is 74.8. The average molecular weight is 1450 g/mol. The van der Waals surface area contributed by atoms with Gasteiger partial charge in [0.15, 0.2) is 0 Å². The summed E-state index contributed by atoms with van der Waals surface area (Å²) in [4.78, 5) is 5.44. The molecule has 0 aliphatic heterocycles. The van der Waals surface area contributed by atoms with Crippen molar-refractivity contribution in [2.24, 2.45) is 0 Å². The molecule has 0 unspecified atom stereocenters. The molecule has 4 fully saturated rings. The Morgan fingerprint density at radius 1 is 0.200 bits per heavy atom. The predicted molar refractivity (Wildman–Crippen MR) is 476 cm³/mol. The third-order valence-electron chi connectivity index (χ3n) is 26.0. The standard InChI is InChI=1S/C108H120N2/c1-105(2,3)91-67-92(106(4,5)6)70-97(69-91)109(95-62-87(82-50-42-78(43-51-82)73-30-18-13-19-31-73)60-88(63-95)83-52-44-79(45-53-83)74-32-20-14-21-33-74)103-99-40-28-29-41-100(99)104(102-66-86(58-59-101(102)103)77-38-26-17-27-39-77)110(98-71-93(107(7,8)9)68-94(72-98)108(10,11)12)96-64-89(84-54-46-80(47-55-84)75-34-22-15-23-35-75)61-90(65-96)85-56-48-81(49-57-85)76-36-24-16-25-37-76/h17,26-29,38-76H,13-16,18-25,30-37H2,1-12H3. The minimum atomic E-state index is -0.167. The maximum atomic E-state index is 2.72. The van der Waals surface area contributed by atoms with Gasteiger partial charge in [-0.15, -0.1) is 0 Å². The quantitative estimate of drug-likeness (QED) is 0.0746. The van der Waals surface area contributed by atoms with Gasteiger partial charge >= 0.3 is 0 Å². The molecule has 0 radical (unpaired) electrons. The first-order chi connectivity index (χ1) is 53.0. The van der Waals surface area contributed by atoms with E-state index >= 15 is 0 Å². The number of anilines is 6. The van der Waals surface area contributed by atoms with E-state index in [4.69, 9.17) is 0 Å². The summed E-state index contributed by atoms with van der Waals surface area (Å²) in [5.74, 6) is 2.47. The molecule has 0 saturated heterocycles. The number of fused-ring (bicyclic) bond motifs is 2. The molecule has 0 atom stereocenters. The summed E-state index contributed by atoms with van der Waals surface area (Å²) in [6.07, 6.45) is 26.1. The third-order valence-corrected chi connectivity index (χ3v) is 26.0. The highest BCUT2D eigenvalue weighted by atomic mass is 15.2. The zero-order valence-corrected chi connectivity index (χ0v) is 68.4. The number of hydrogen-bond donors (Lipinski definition) is 0. The van der Waals surface area contributed by atoms with Crippen LogP contribution >= 0.6 is 0 Å². The van der Waals surface area contributed by atoms with E-state index in [0.717, 1.165) is 34.1 Å². The van der Waals surface area contributed by atoms with Crippen molar-refractivity contribution >= 4 is 55.7 Å². The molecule has 16 rings (SSSR count). The van der Waals surface area contributed by atoms with Gasteiger partial charge in [0.25, 0.3) is 0 Å². The number of rotatable bonds is 15. The molecule has 4 aliphatic carbocycles. The summed E-state index contributed by atoms with van der Waals surface area (Å²) in [5, 5.41) is 4.72. The van der Waals surface area contributed by atoms with Gasteiger partial charge in [-0.25, -0.2) is 0 Å². The summed E-state index contributed by atoms with van der Waals surface area (Å²) in [5.41, 5.74) is 29.6. The Morgan fingerprint density at radius 3 is 0.736 bits per heavy atom. The molecule has 4 aliphatic rings. The van der Waals surface area contributed by atoms with Crippen LogP contribution in [0.1, 0.15) is 280 Å². The minimum Gasteiger partial charge on any atom is -0.309 e. The first-order valence-corrected chi connectivity index (χ1v) is 42.7. The lowest BCUT2D eigenvalue weighted by Crippen LogP contribution is -2.20. The summed E-state index contributed by atoms with van der Waals surface area (Å²) >= 11 is 0. The summed E-state index contributed by atoms with van der Waals surface area (Å²) in [6.45, 7) is 28.8. The lowest BCUT2D eigenvalue weighted by Gasteiger charge is -2.36. The topological polar surface area (TPSA) is 6.48 Å². The van der Waals surface area contributed by atoms with Crippen molar-refractivity contribution in [1.29, 1.82) is 0 Å². The van der Waals surface area contributed by atoms with Crippen LogP contribution in [0.25, 0.3) is 77.2 Å². The summed E-state index contributed by atoms with van der Waals surface area (Å²) in [6, 6.07) is 97.8. The van der Waals surface area contributed by atoms with Crippen LogP contribution in [0.4, 0.5) is 34.1 Å². The van der Waals surface area contributed by atoms with Crippen LogP contribution in [0.3, 0.4) is 0 Å². The van der Waals surface area contributed by atoms with E-state index in [1.54, 1.807) is 0 Å². The molecule has 0 aromatic heterocycles. The SMILES string of the molecule is CC(C)(C)c1cc(N(c2cc(-c3ccc(C4CCCCC4)cc3)cc(-c3ccc(C4CCCCC4)cc3)c2)c2c3ccccc3c(N(c3cc(-c4ccc(C5CCCCC5)cc4)cc(-c4ccc(C5CCCCC5)cc4)c3)c3cc(C(C)(C)C)cc(C(C)(C)C)c3)c3cc(-c4ccccc4)ccc23)cc(C(C)(C)C)c1. The van der Waals surface area contributed by atoms with Crippen LogP contribution in [0.5, 0.6) is 0 Å². The van der Waals surface area contributed by atoms with E-state index in [-0.39, 0.29) is 21.7 Å². The van der Waals surface area contributed by atoms with Gasteiger partial charge in [0.2, 0.25) is 0 Å². The van der Waals surface area contributed by atoms with Crippen molar-refractivity contribution in [2.75, 3.05) is 9.80 Å². The first-order valence-electron chi connectivity index (χ1n) is 42.7. The lowest BCUT2D eigenvalue weighted by molar-refractivity contribution is 0.443. The Bertz CT molecular complexity index is 4990. The van der Waals surface area contributed by atoms with Gasteiger partial charge < -0.3 is 9.80 Å². The highest BCUT2D eigenvalue weighted by Gasteiger charge is 2.33. The van der Waals surface area contributed by atoms with Crippen LogP contribution in [0.15, 0.2) is 243 Å². The molecular weight excluding hydrogens is 1330 g/mol. The van der Waals surface area contributed by atoms with Crippen molar-refractivity contribution in [3.05, 3.63) is 287 Å². The fraction of sp³-hybridized carbons (Fsp3) is 0.370. The Kier molecular flexibility index (Phi) is 21.2. The molecule has 110 heavy (non-hydrogen) atoms. The van der Waals surface area contributed by atoms with Gasteiger partial charge in [0, 0.05) is 44.3 Å². The molecule has 4 saturated carbocycles. The highest BCUT2D eigenvalue weighted by Crippen LogP contribution is 2.56. The molecule has 0 amide bonds.